The molecule has 1 atom stereocenters. The van der Waals surface area contributed by atoms with E-state index in [9.17, 15) is 4.79 Å². The fraction of sp³-hybridized carbons (Fsp3) is 0.909. The molecule has 15 heavy (non-hydrogen) atoms. The Morgan fingerprint density at radius 1 is 1.40 bits per heavy atom. The van der Waals surface area contributed by atoms with Crippen molar-refractivity contribution in [2.75, 3.05) is 14.2 Å². The van der Waals surface area contributed by atoms with E-state index in [1.165, 1.54) is 4.90 Å². The van der Waals surface area contributed by atoms with Crippen molar-refractivity contribution in [3.05, 3.63) is 0 Å². The van der Waals surface area contributed by atoms with Gasteiger partial charge in [-0.1, -0.05) is 13.3 Å². The molecule has 4 nitrogen and oxygen atoms in total. The lowest BCUT2D eigenvalue weighted by Gasteiger charge is -2.29. The Morgan fingerprint density at radius 2 is 1.93 bits per heavy atom. The van der Waals surface area contributed by atoms with E-state index in [1.54, 1.807) is 14.2 Å². The molecular formula is C11H23NO3. The van der Waals surface area contributed by atoms with E-state index in [1.807, 2.05) is 20.8 Å². The average molecular weight is 217 g/mol. The molecule has 1 amide bonds. The third kappa shape index (κ3) is 5.62. The van der Waals surface area contributed by atoms with Gasteiger partial charge < -0.3 is 9.47 Å². The van der Waals surface area contributed by atoms with Crippen LogP contribution >= 0.6 is 0 Å². The quantitative estimate of drug-likeness (QED) is 0.679. The van der Waals surface area contributed by atoms with Crippen molar-refractivity contribution in [3.8, 4) is 0 Å². The number of hydrogen-bond donors (Lipinski definition) is 0. The van der Waals surface area contributed by atoms with E-state index in [0.29, 0.717) is 0 Å². The molecule has 0 aliphatic rings. The van der Waals surface area contributed by atoms with Gasteiger partial charge in [0.1, 0.15) is 11.8 Å². The van der Waals surface area contributed by atoms with Crippen molar-refractivity contribution < 1.29 is 14.3 Å². The molecule has 90 valence electrons. The first-order valence-electron chi connectivity index (χ1n) is 5.30. The molecule has 0 bridgehead atoms. The van der Waals surface area contributed by atoms with Crippen LogP contribution in [0, 0.1) is 0 Å². The number of methoxy groups -OCH3 is 1. The van der Waals surface area contributed by atoms with Crippen molar-refractivity contribution >= 4 is 6.09 Å². The molecule has 0 saturated carbocycles. The predicted molar refractivity (Wildman–Crippen MR) is 59.7 cm³/mol. The van der Waals surface area contributed by atoms with Crippen LogP contribution in [0.2, 0.25) is 0 Å². The number of rotatable bonds is 4. The normalized spacial score (nSPS) is 13.5. The van der Waals surface area contributed by atoms with E-state index in [-0.39, 0.29) is 12.3 Å². The van der Waals surface area contributed by atoms with Crippen LogP contribution < -0.4 is 0 Å². The summed E-state index contributed by atoms with van der Waals surface area (Å²) in [6, 6.07) is 0. The maximum Gasteiger partial charge on any atom is 0.412 e. The Hall–Kier alpha value is -0.770. The van der Waals surface area contributed by atoms with Crippen molar-refractivity contribution in [1.29, 1.82) is 0 Å². The molecular weight excluding hydrogens is 194 g/mol. The average Bonchev–Trinajstić information content (AvgIpc) is 2.10. The largest absolute Gasteiger partial charge is 0.444 e. The minimum Gasteiger partial charge on any atom is -0.444 e. The zero-order valence-corrected chi connectivity index (χ0v) is 10.7. The Balaban J connectivity index is 4.28. The second-order valence-electron chi connectivity index (χ2n) is 4.57. The van der Waals surface area contributed by atoms with Crippen LogP contribution in [0.4, 0.5) is 4.79 Å². The van der Waals surface area contributed by atoms with Gasteiger partial charge in [0.15, 0.2) is 0 Å². The molecule has 0 aliphatic carbocycles. The molecule has 4 heteroatoms. The van der Waals surface area contributed by atoms with Crippen LogP contribution in [0.3, 0.4) is 0 Å². The number of carbonyl (C=O) groups excluding carboxylic acids is 1. The summed E-state index contributed by atoms with van der Waals surface area (Å²) in [6.07, 6.45) is 1.23. The third-order valence-corrected chi connectivity index (χ3v) is 1.92. The van der Waals surface area contributed by atoms with Crippen LogP contribution in [-0.2, 0) is 9.47 Å². The van der Waals surface area contributed by atoms with Gasteiger partial charge in [-0.05, 0) is 27.2 Å². The molecule has 0 aromatic rings. The fourth-order valence-corrected chi connectivity index (χ4v) is 1.17. The molecule has 0 aromatic heterocycles. The summed E-state index contributed by atoms with van der Waals surface area (Å²) in [5.41, 5.74) is -0.462. The summed E-state index contributed by atoms with van der Waals surface area (Å²) in [5.74, 6) is 0. The summed E-state index contributed by atoms with van der Waals surface area (Å²) >= 11 is 0. The molecule has 0 radical (unpaired) electrons. The van der Waals surface area contributed by atoms with Gasteiger partial charge in [-0.25, -0.2) is 4.79 Å². The van der Waals surface area contributed by atoms with Crippen molar-refractivity contribution in [2.45, 2.75) is 52.4 Å². The second-order valence-corrected chi connectivity index (χ2v) is 4.57. The van der Waals surface area contributed by atoms with Gasteiger partial charge in [-0.15, -0.1) is 0 Å². The highest BCUT2D eigenvalue weighted by molar-refractivity contribution is 5.67. The number of hydrogen-bond acceptors (Lipinski definition) is 3. The maximum atomic E-state index is 11.7. The predicted octanol–water partition coefficient (Wildman–Crippen LogP) is 2.63. The van der Waals surface area contributed by atoms with Crippen LogP contribution in [-0.4, -0.2) is 37.0 Å². The lowest BCUT2D eigenvalue weighted by molar-refractivity contribution is -0.0424. The minimum atomic E-state index is -0.462. The van der Waals surface area contributed by atoms with Gasteiger partial charge in [-0.2, -0.15) is 0 Å². The van der Waals surface area contributed by atoms with Gasteiger partial charge in [0.05, 0.1) is 0 Å². The Labute approximate surface area is 92.5 Å². The van der Waals surface area contributed by atoms with Crippen LogP contribution in [0.25, 0.3) is 0 Å². The minimum absolute atomic E-state index is 0.204. The molecule has 0 fully saturated rings. The van der Waals surface area contributed by atoms with E-state index >= 15 is 0 Å². The van der Waals surface area contributed by atoms with Crippen molar-refractivity contribution in [1.82, 2.24) is 4.90 Å². The van der Waals surface area contributed by atoms with Crippen molar-refractivity contribution in [3.63, 3.8) is 0 Å². The lowest BCUT2D eigenvalue weighted by Crippen LogP contribution is -2.41. The number of carbonyl (C=O) groups is 1. The molecule has 0 heterocycles. The first-order valence-corrected chi connectivity index (χ1v) is 5.30. The standard InChI is InChI=1S/C11H23NO3/c1-7-8-9(14-6)12(5)10(13)15-11(2,3)4/h9H,7-8H2,1-6H3. The molecule has 0 aliphatic heterocycles. The number of ether oxygens (including phenoxy) is 2. The van der Waals surface area contributed by atoms with Gasteiger partial charge in [-0.3, -0.25) is 4.90 Å². The summed E-state index contributed by atoms with van der Waals surface area (Å²) in [6.45, 7) is 7.59. The highest BCUT2D eigenvalue weighted by Crippen LogP contribution is 2.13. The first-order chi connectivity index (χ1) is 6.81. The Bertz CT molecular complexity index is 198. The highest BCUT2D eigenvalue weighted by atomic mass is 16.6. The van der Waals surface area contributed by atoms with E-state index in [0.717, 1.165) is 12.8 Å². The molecule has 0 N–H and O–H groups in total. The maximum absolute atomic E-state index is 11.7. The van der Waals surface area contributed by atoms with Gasteiger partial charge in [0.25, 0.3) is 0 Å². The van der Waals surface area contributed by atoms with Crippen molar-refractivity contribution in [2.24, 2.45) is 0 Å². The summed E-state index contributed by atoms with van der Waals surface area (Å²) in [7, 11) is 3.29. The highest BCUT2D eigenvalue weighted by Gasteiger charge is 2.24. The first kappa shape index (κ1) is 14.2. The molecule has 0 rings (SSSR count). The molecule has 0 saturated heterocycles. The Kier molecular flexibility index (Phi) is 5.65. The molecule has 1 unspecified atom stereocenters. The SMILES string of the molecule is CCCC(OC)N(C)C(=O)OC(C)(C)C. The number of amides is 1. The van der Waals surface area contributed by atoms with Crippen LogP contribution in [0.1, 0.15) is 40.5 Å². The van der Waals surface area contributed by atoms with Gasteiger partial charge in [0, 0.05) is 14.2 Å². The summed E-state index contributed by atoms with van der Waals surface area (Å²) in [4.78, 5) is 13.2. The van der Waals surface area contributed by atoms with Crippen LogP contribution in [0.5, 0.6) is 0 Å². The smallest absolute Gasteiger partial charge is 0.412 e. The Morgan fingerprint density at radius 3 is 2.27 bits per heavy atom. The lowest BCUT2D eigenvalue weighted by atomic mass is 10.2. The zero-order chi connectivity index (χ0) is 12.1. The number of nitrogens with zero attached hydrogens (tertiary/aromatic N) is 1. The molecule has 0 spiro atoms. The van der Waals surface area contributed by atoms with E-state index in [4.69, 9.17) is 9.47 Å². The summed E-state index contributed by atoms with van der Waals surface area (Å²) < 4.78 is 10.4. The second kappa shape index (κ2) is 5.95. The van der Waals surface area contributed by atoms with E-state index < -0.39 is 5.60 Å². The third-order valence-electron chi connectivity index (χ3n) is 1.92. The molecule has 0 aromatic carbocycles. The topological polar surface area (TPSA) is 38.8 Å². The summed E-state index contributed by atoms with van der Waals surface area (Å²) in [5, 5.41) is 0. The van der Waals surface area contributed by atoms with E-state index in [2.05, 4.69) is 6.92 Å². The monoisotopic (exact) mass is 217 g/mol. The van der Waals surface area contributed by atoms with Gasteiger partial charge >= 0.3 is 6.09 Å². The van der Waals surface area contributed by atoms with Crippen LogP contribution in [0.15, 0.2) is 0 Å². The fourth-order valence-electron chi connectivity index (χ4n) is 1.17. The zero-order valence-electron chi connectivity index (χ0n) is 10.7. The van der Waals surface area contributed by atoms with Gasteiger partial charge in [0.2, 0.25) is 0 Å².